The third-order valence-electron chi connectivity index (χ3n) is 4.09. The Kier molecular flexibility index (Phi) is 6.58. The molecule has 0 aromatic carbocycles. The second kappa shape index (κ2) is 8.89. The van der Waals surface area contributed by atoms with E-state index in [1.165, 1.54) is 16.2 Å². The van der Waals surface area contributed by atoms with E-state index in [1.54, 1.807) is 11.3 Å². The van der Waals surface area contributed by atoms with Crippen molar-refractivity contribution in [1.82, 2.24) is 9.88 Å². The molecule has 1 aliphatic heterocycles. The first-order chi connectivity index (χ1) is 12.1. The maximum Gasteiger partial charge on any atom is 0.226 e. The van der Waals surface area contributed by atoms with Gasteiger partial charge in [0, 0.05) is 36.3 Å². The van der Waals surface area contributed by atoms with Crippen molar-refractivity contribution in [2.45, 2.75) is 51.9 Å². The first kappa shape index (κ1) is 18.5. The summed E-state index contributed by atoms with van der Waals surface area (Å²) >= 11 is 3.24. The number of morpholine rings is 1. The van der Waals surface area contributed by atoms with Crippen LogP contribution in [0.5, 0.6) is 0 Å². The van der Waals surface area contributed by atoms with Gasteiger partial charge in [-0.25, -0.2) is 4.98 Å². The third-order valence-corrected chi connectivity index (χ3v) is 5.83. The molecule has 5 nitrogen and oxygen atoms in total. The summed E-state index contributed by atoms with van der Waals surface area (Å²) in [5.74, 6) is 0.0473. The minimum atomic E-state index is 0.0473. The van der Waals surface area contributed by atoms with Crippen molar-refractivity contribution in [2.24, 2.45) is 0 Å². The molecule has 1 amide bonds. The monoisotopic (exact) mass is 379 g/mol. The Morgan fingerprint density at radius 1 is 1.36 bits per heavy atom. The standard InChI is InChI=1S/C18H25N3O2S2/c1-13-9-21(10-14(2)23-13)11-15-12-25-18(19-15)20-17(22)7-3-5-16-6-4-8-24-16/h4,6,8,12-14H,3,5,7,9-11H2,1-2H3,(H,19,20,22). The van der Waals surface area contributed by atoms with Crippen molar-refractivity contribution in [3.63, 3.8) is 0 Å². The predicted molar refractivity (Wildman–Crippen MR) is 103 cm³/mol. The third kappa shape index (κ3) is 5.88. The van der Waals surface area contributed by atoms with Gasteiger partial charge in [-0.05, 0) is 38.1 Å². The number of nitrogens with zero attached hydrogens (tertiary/aromatic N) is 2. The van der Waals surface area contributed by atoms with Crippen LogP contribution in [0.1, 0.15) is 37.3 Å². The van der Waals surface area contributed by atoms with Crippen LogP contribution in [0.4, 0.5) is 5.13 Å². The van der Waals surface area contributed by atoms with E-state index in [-0.39, 0.29) is 18.1 Å². The quantitative estimate of drug-likeness (QED) is 0.795. The minimum Gasteiger partial charge on any atom is -0.373 e. The number of thiazole rings is 1. The Balaban J connectivity index is 1.42. The fourth-order valence-corrected chi connectivity index (χ4v) is 4.61. The number of hydrogen-bond acceptors (Lipinski definition) is 6. The number of nitrogens with one attached hydrogen (secondary N) is 1. The van der Waals surface area contributed by atoms with Crippen LogP contribution >= 0.6 is 22.7 Å². The molecule has 0 spiro atoms. The number of aryl methyl sites for hydroxylation is 1. The summed E-state index contributed by atoms with van der Waals surface area (Å²) in [5.41, 5.74) is 1.01. The van der Waals surface area contributed by atoms with Crippen molar-refractivity contribution >= 4 is 33.7 Å². The van der Waals surface area contributed by atoms with E-state index in [4.69, 9.17) is 4.74 Å². The zero-order valence-corrected chi connectivity index (χ0v) is 16.4. The van der Waals surface area contributed by atoms with Crippen LogP contribution in [0.2, 0.25) is 0 Å². The molecule has 0 aliphatic carbocycles. The summed E-state index contributed by atoms with van der Waals surface area (Å²) < 4.78 is 5.76. The van der Waals surface area contributed by atoms with Gasteiger partial charge in [-0.1, -0.05) is 6.07 Å². The van der Waals surface area contributed by atoms with Crippen LogP contribution in [-0.4, -0.2) is 41.1 Å². The average molecular weight is 380 g/mol. The van der Waals surface area contributed by atoms with E-state index in [0.717, 1.165) is 38.2 Å². The molecule has 2 atom stereocenters. The SMILES string of the molecule is CC1CN(Cc2csc(NC(=O)CCCc3cccs3)n2)CC(C)O1. The summed E-state index contributed by atoms with van der Waals surface area (Å²) in [7, 11) is 0. The van der Waals surface area contributed by atoms with Gasteiger partial charge in [0.25, 0.3) is 0 Å². The molecule has 1 N–H and O–H groups in total. The maximum atomic E-state index is 12.1. The van der Waals surface area contributed by atoms with Gasteiger partial charge in [-0.3, -0.25) is 9.69 Å². The number of amides is 1. The molecule has 3 rings (SSSR count). The van der Waals surface area contributed by atoms with Gasteiger partial charge in [-0.15, -0.1) is 22.7 Å². The summed E-state index contributed by atoms with van der Waals surface area (Å²) in [6.07, 6.45) is 2.87. The van der Waals surface area contributed by atoms with E-state index in [9.17, 15) is 4.79 Å². The summed E-state index contributed by atoms with van der Waals surface area (Å²) in [6.45, 7) is 6.86. The minimum absolute atomic E-state index is 0.0473. The molecule has 7 heteroatoms. The van der Waals surface area contributed by atoms with Gasteiger partial charge in [0.15, 0.2) is 5.13 Å². The lowest BCUT2D eigenvalue weighted by Crippen LogP contribution is -2.44. The zero-order chi connectivity index (χ0) is 17.6. The first-order valence-corrected chi connectivity index (χ1v) is 10.5. The van der Waals surface area contributed by atoms with Crippen molar-refractivity contribution in [2.75, 3.05) is 18.4 Å². The Labute approximate surface area is 157 Å². The largest absolute Gasteiger partial charge is 0.373 e. The number of rotatable bonds is 7. The number of aromatic nitrogens is 1. The highest BCUT2D eigenvalue weighted by Crippen LogP contribution is 2.20. The number of carbonyl (C=O) groups is 1. The lowest BCUT2D eigenvalue weighted by molar-refractivity contribution is -0.116. The average Bonchev–Trinajstić information content (AvgIpc) is 3.18. The topological polar surface area (TPSA) is 54.5 Å². The molecule has 1 fully saturated rings. The molecule has 2 unspecified atom stereocenters. The van der Waals surface area contributed by atoms with Gasteiger partial charge in [0.2, 0.25) is 5.91 Å². The van der Waals surface area contributed by atoms with Crippen molar-refractivity contribution in [3.05, 3.63) is 33.5 Å². The van der Waals surface area contributed by atoms with Gasteiger partial charge >= 0.3 is 0 Å². The molecular formula is C18H25N3O2S2. The Hall–Kier alpha value is -1.28. The van der Waals surface area contributed by atoms with E-state index in [2.05, 4.69) is 40.5 Å². The Bertz CT molecular complexity index is 662. The summed E-state index contributed by atoms with van der Waals surface area (Å²) in [6, 6.07) is 4.16. The molecule has 3 heterocycles. The van der Waals surface area contributed by atoms with Gasteiger partial charge in [0.05, 0.1) is 17.9 Å². The molecule has 1 saturated heterocycles. The second-order valence-electron chi connectivity index (χ2n) is 6.58. The molecule has 2 aromatic rings. The molecule has 1 aliphatic rings. The zero-order valence-electron chi connectivity index (χ0n) is 14.7. The number of anilines is 1. The normalized spacial score (nSPS) is 21.4. The lowest BCUT2D eigenvalue weighted by atomic mass is 10.2. The van der Waals surface area contributed by atoms with Crippen molar-refractivity contribution in [3.8, 4) is 0 Å². The molecule has 0 radical (unpaired) electrons. The number of hydrogen-bond donors (Lipinski definition) is 1. The molecule has 25 heavy (non-hydrogen) atoms. The van der Waals surface area contributed by atoms with Crippen LogP contribution in [-0.2, 0) is 22.5 Å². The fourth-order valence-electron chi connectivity index (χ4n) is 3.14. The number of thiophene rings is 1. The van der Waals surface area contributed by atoms with E-state index in [0.29, 0.717) is 11.6 Å². The molecule has 0 bridgehead atoms. The van der Waals surface area contributed by atoms with E-state index >= 15 is 0 Å². The number of ether oxygens (including phenoxy) is 1. The highest BCUT2D eigenvalue weighted by molar-refractivity contribution is 7.13. The highest BCUT2D eigenvalue weighted by atomic mass is 32.1. The summed E-state index contributed by atoms with van der Waals surface area (Å²) in [4.78, 5) is 20.3. The van der Waals surface area contributed by atoms with Crippen LogP contribution in [0.3, 0.4) is 0 Å². The first-order valence-electron chi connectivity index (χ1n) is 8.73. The molecule has 0 saturated carbocycles. The Morgan fingerprint density at radius 2 is 2.16 bits per heavy atom. The Morgan fingerprint density at radius 3 is 2.88 bits per heavy atom. The molecule has 2 aromatic heterocycles. The highest BCUT2D eigenvalue weighted by Gasteiger charge is 2.22. The number of carbonyl (C=O) groups excluding carboxylic acids is 1. The fraction of sp³-hybridized carbons (Fsp3) is 0.556. The van der Waals surface area contributed by atoms with Gasteiger partial charge < -0.3 is 10.1 Å². The van der Waals surface area contributed by atoms with Crippen LogP contribution in [0.25, 0.3) is 0 Å². The molecular weight excluding hydrogens is 354 g/mol. The van der Waals surface area contributed by atoms with E-state index < -0.39 is 0 Å². The van der Waals surface area contributed by atoms with Crippen molar-refractivity contribution in [1.29, 1.82) is 0 Å². The van der Waals surface area contributed by atoms with Crippen LogP contribution in [0.15, 0.2) is 22.9 Å². The van der Waals surface area contributed by atoms with Crippen LogP contribution in [0, 0.1) is 0 Å². The summed E-state index contributed by atoms with van der Waals surface area (Å²) in [5, 5.41) is 7.73. The van der Waals surface area contributed by atoms with Crippen molar-refractivity contribution < 1.29 is 9.53 Å². The van der Waals surface area contributed by atoms with Gasteiger partial charge in [0.1, 0.15) is 0 Å². The molecule has 136 valence electrons. The predicted octanol–water partition coefficient (Wildman–Crippen LogP) is 3.78. The van der Waals surface area contributed by atoms with Crippen LogP contribution < -0.4 is 5.32 Å². The van der Waals surface area contributed by atoms with E-state index in [1.807, 2.05) is 11.4 Å². The second-order valence-corrected chi connectivity index (χ2v) is 8.47. The maximum absolute atomic E-state index is 12.1. The van der Waals surface area contributed by atoms with Gasteiger partial charge in [-0.2, -0.15) is 0 Å². The lowest BCUT2D eigenvalue weighted by Gasteiger charge is -2.34. The smallest absolute Gasteiger partial charge is 0.226 e.